The van der Waals surface area contributed by atoms with Gasteiger partial charge in [-0.1, -0.05) is 24.3 Å². The zero-order valence-corrected chi connectivity index (χ0v) is 17.5. The highest BCUT2D eigenvalue weighted by molar-refractivity contribution is 6.11. The molecule has 2 aromatic carbocycles. The van der Waals surface area contributed by atoms with E-state index in [2.05, 4.69) is 10.1 Å². The van der Waals surface area contributed by atoms with E-state index in [0.29, 0.717) is 37.1 Å². The summed E-state index contributed by atoms with van der Waals surface area (Å²) in [4.78, 5) is 41.4. The number of fused-ring (bicyclic) bond motifs is 3. The number of hydrogen-bond acceptors (Lipinski definition) is 4. The molecule has 9 heteroatoms. The molecule has 1 atom stereocenters. The number of anilines is 1. The molecule has 2 aliphatic rings. The first kappa shape index (κ1) is 21.7. The molecule has 0 saturated carbocycles. The van der Waals surface area contributed by atoms with Gasteiger partial charge in [-0.05, 0) is 49.6 Å². The van der Waals surface area contributed by atoms with Crippen molar-refractivity contribution < 1.29 is 27.9 Å². The molecule has 7 nitrogen and oxygen atoms in total. The number of benzene rings is 2. The Hall–Kier alpha value is -3.49. The minimum absolute atomic E-state index is 0.0700. The topological polar surface area (TPSA) is 79.0 Å². The molecule has 0 spiro atoms. The molecule has 0 radical (unpaired) electrons. The van der Waals surface area contributed by atoms with Gasteiger partial charge in [-0.25, -0.2) is 0 Å². The summed E-state index contributed by atoms with van der Waals surface area (Å²) in [6.07, 6.45) is 1.24. The molecular formula is C23H23F2N3O4. The number of nitrogens with one attached hydrogen (secondary N) is 1. The van der Waals surface area contributed by atoms with Crippen molar-refractivity contribution in [3.8, 4) is 5.75 Å². The van der Waals surface area contributed by atoms with Gasteiger partial charge in [0.1, 0.15) is 18.0 Å². The van der Waals surface area contributed by atoms with E-state index in [1.807, 2.05) is 6.92 Å². The SMILES string of the molecule is CC12CCC(=O)N1c1ccccc1C(=O)N2CC(=O)NCCc1ccc(OC(F)F)cc1. The molecule has 3 amide bonds. The Morgan fingerprint density at radius 2 is 1.88 bits per heavy atom. The number of para-hydroxylation sites is 1. The van der Waals surface area contributed by atoms with Crippen LogP contribution in [0.25, 0.3) is 0 Å². The molecule has 0 bridgehead atoms. The molecule has 0 aromatic heterocycles. The lowest BCUT2D eigenvalue weighted by Gasteiger charge is -2.48. The number of alkyl halides is 2. The second kappa shape index (κ2) is 8.57. The normalized spacial score (nSPS) is 19.8. The van der Waals surface area contributed by atoms with E-state index in [-0.39, 0.29) is 30.0 Å². The van der Waals surface area contributed by atoms with E-state index in [4.69, 9.17) is 0 Å². The minimum atomic E-state index is -2.88. The number of rotatable bonds is 7. The Morgan fingerprint density at radius 3 is 2.59 bits per heavy atom. The van der Waals surface area contributed by atoms with Crippen LogP contribution in [0.3, 0.4) is 0 Å². The predicted octanol–water partition coefficient (Wildman–Crippen LogP) is 2.95. The minimum Gasteiger partial charge on any atom is -0.435 e. The maximum atomic E-state index is 13.2. The summed E-state index contributed by atoms with van der Waals surface area (Å²) in [7, 11) is 0. The van der Waals surface area contributed by atoms with Crippen molar-refractivity contribution >= 4 is 23.4 Å². The van der Waals surface area contributed by atoms with Gasteiger partial charge in [-0.2, -0.15) is 8.78 Å². The molecule has 168 valence electrons. The molecule has 2 aliphatic heterocycles. The fraction of sp³-hybridized carbons (Fsp3) is 0.348. The molecule has 4 rings (SSSR count). The molecule has 2 aromatic rings. The monoisotopic (exact) mass is 443 g/mol. The Bertz CT molecular complexity index is 1040. The summed E-state index contributed by atoms with van der Waals surface area (Å²) in [6, 6.07) is 13.1. The van der Waals surface area contributed by atoms with Gasteiger partial charge in [0.15, 0.2) is 0 Å². The Morgan fingerprint density at radius 1 is 1.16 bits per heavy atom. The highest BCUT2D eigenvalue weighted by atomic mass is 19.3. The van der Waals surface area contributed by atoms with E-state index in [1.165, 1.54) is 17.0 Å². The molecule has 1 N–H and O–H groups in total. The van der Waals surface area contributed by atoms with E-state index in [1.54, 1.807) is 41.3 Å². The number of ether oxygens (including phenoxy) is 1. The predicted molar refractivity (Wildman–Crippen MR) is 112 cm³/mol. The summed E-state index contributed by atoms with van der Waals surface area (Å²) in [5.74, 6) is -0.618. The number of amides is 3. The summed E-state index contributed by atoms with van der Waals surface area (Å²) in [5.41, 5.74) is 0.937. The molecule has 2 heterocycles. The Labute approximate surface area is 183 Å². The maximum Gasteiger partial charge on any atom is 0.387 e. The zero-order chi connectivity index (χ0) is 22.9. The molecule has 1 saturated heterocycles. The second-order valence-electron chi connectivity index (χ2n) is 7.98. The van der Waals surface area contributed by atoms with Crippen LogP contribution in [-0.2, 0) is 16.0 Å². The van der Waals surface area contributed by atoms with Crippen LogP contribution in [0.15, 0.2) is 48.5 Å². The zero-order valence-electron chi connectivity index (χ0n) is 17.5. The highest BCUT2D eigenvalue weighted by Crippen LogP contribution is 2.43. The third kappa shape index (κ3) is 4.02. The Kier molecular flexibility index (Phi) is 5.82. The van der Waals surface area contributed by atoms with Crippen LogP contribution in [0.5, 0.6) is 5.75 Å². The highest BCUT2D eigenvalue weighted by Gasteiger charge is 2.53. The lowest BCUT2D eigenvalue weighted by molar-refractivity contribution is -0.123. The number of nitrogens with zero attached hydrogens (tertiary/aromatic N) is 2. The third-order valence-electron chi connectivity index (χ3n) is 5.93. The van der Waals surface area contributed by atoms with Gasteiger partial charge in [-0.15, -0.1) is 0 Å². The van der Waals surface area contributed by atoms with Gasteiger partial charge in [0.2, 0.25) is 11.8 Å². The lowest BCUT2D eigenvalue weighted by atomic mass is 9.98. The van der Waals surface area contributed by atoms with Crippen molar-refractivity contribution in [2.45, 2.75) is 38.5 Å². The van der Waals surface area contributed by atoms with Crippen LogP contribution in [-0.4, -0.2) is 48.0 Å². The van der Waals surface area contributed by atoms with Gasteiger partial charge >= 0.3 is 6.61 Å². The van der Waals surface area contributed by atoms with E-state index in [0.717, 1.165) is 5.56 Å². The fourth-order valence-corrected chi connectivity index (χ4v) is 4.32. The van der Waals surface area contributed by atoms with Crippen LogP contribution in [0.4, 0.5) is 14.5 Å². The first-order chi connectivity index (χ1) is 15.3. The van der Waals surface area contributed by atoms with Crippen molar-refractivity contribution in [3.63, 3.8) is 0 Å². The average molecular weight is 443 g/mol. The van der Waals surface area contributed by atoms with Gasteiger partial charge < -0.3 is 15.0 Å². The maximum absolute atomic E-state index is 13.2. The van der Waals surface area contributed by atoms with Crippen LogP contribution in [0, 0.1) is 0 Å². The third-order valence-corrected chi connectivity index (χ3v) is 5.93. The fourth-order valence-electron chi connectivity index (χ4n) is 4.32. The summed E-state index contributed by atoms with van der Waals surface area (Å²) < 4.78 is 28.8. The number of halogens is 2. The summed E-state index contributed by atoms with van der Waals surface area (Å²) in [6.45, 7) is -0.930. The van der Waals surface area contributed by atoms with E-state index >= 15 is 0 Å². The van der Waals surface area contributed by atoms with Crippen LogP contribution in [0.1, 0.15) is 35.7 Å². The molecule has 1 fully saturated rings. The molecular weight excluding hydrogens is 420 g/mol. The lowest BCUT2D eigenvalue weighted by Crippen LogP contribution is -2.63. The van der Waals surface area contributed by atoms with Gasteiger partial charge in [-0.3, -0.25) is 19.3 Å². The Balaban J connectivity index is 1.40. The van der Waals surface area contributed by atoms with Gasteiger partial charge in [0.25, 0.3) is 5.91 Å². The number of hydrogen-bond donors (Lipinski definition) is 1. The number of carbonyl (C=O) groups is 3. The van der Waals surface area contributed by atoms with Crippen LogP contribution < -0.4 is 15.0 Å². The summed E-state index contributed by atoms with van der Waals surface area (Å²) >= 11 is 0. The first-order valence-corrected chi connectivity index (χ1v) is 10.3. The molecule has 32 heavy (non-hydrogen) atoms. The van der Waals surface area contributed by atoms with Gasteiger partial charge in [0, 0.05) is 13.0 Å². The van der Waals surface area contributed by atoms with Crippen LogP contribution >= 0.6 is 0 Å². The second-order valence-corrected chi connectivity index (χ2v) is 7.98. The molecule has 0 aliphatic carbocycles. The first-order valence-electron chi connectivity index (χ1n) is 10.3. The van der Waals surface area contributed by atoms with Crippen molar-refractivity contribution in [1.82, 2.24) is 10.2 Å². The largest absolute Gasteiger partial charge is 0.435 e. The van der Waals surface area contributed by atoms with E-state index < -0.39 is 12.3 Å². The number of carbonyl (C=O) groups excluding carboxylic acids is 3. The van der Waals surface area contributed by atoms with Crippen molar-refractivity contribution in [2.75, 3.05) is 18.0 Å². The van der Waals surface area contributed by atoms with Gasteiger partial charge in [0.05, 0.1) is 11.3 Å². The van der Waals surface area contributed by atoms with Crippen molar-refractivity contribution in [1.29, 1.82) is 0 Å². The van der Waals surface area contributed by atoms with E-state index in [9.17, 15) is 23.2 Å². The quantitative estimate of drug-likeness (QED) is 0.714. The average Bonchev–Trinajstić information content (AvgIpc) is 3.07. The van der Waals surface area contributed by atoms with Crippen LogP contribution in [0.2, 0.25) is 0 Å². The van der Waals surface area contributed by atoms with Crippen molar-refractivity contribution in [2.24, 2.45) is 0 Å². The molecule has 1 unspecified atom stereocenters. The summed E-state index contributed by atoms with van der Waals surface area (Å²) in [5, 5.41) is 2.79. The smallest absolute Gasteiger partial charge is 0.387 e. The van der Waals surface area contributed by atoms with Crippen molar-refractivity contribution in [3.05, 3.63) is 59.7 Å². The standard InChI is InChI=1S/C23H23F2N3O4/c1-23-12-10-20(30)28(23)18-5-3-2-4-17(18)21(31)27(23)14-19(29)26-13-11-15-6-8-16(9-7-15)32-22(24)25/h2-9,22H,10-14H2,1H3,(H,26,29).